The van der Waals surface area contributed by atoms with Gasteiger partial charge in [-0.25, -0.2) is 8.78 Å². The quantitative estimate of drug-likeness (QED) is 0.669. The van der Waals surface area contributed by atoms with E-state index >= 15 is 0 Å². The summed E-state index contributed by atoms with van der Waals surface area (Å²) in [6.45, 7) is 5.64. The molecule has 0 aliphatic heterocycles. The van der Waals surface area contributed by atoms with E-state index in [0.29, 0.717) is 23.5 Å². The predicted octanol–water partition coefficient (Wildman–Crippen LogP) is 4.60. The molecule has 0 aliphatic rings. The second-order valence-corrected chi connectivity index (χ2v) is 4.75. The zero-order valence-corrected chi connectivity index (χ0v) is 9.91. The Morgan fingerprint density at radius 3 is 2.33 bits per heavy atom. The molecule has 0 radical (unpaired) electrons. The highest BCUT2D eigenvalue weighted by atomic mass is 35.5. The molecular weight excluding hydrogens is 218 g/mol. The van der Waals surface area contributed by atoms with Gasteiger partial charge in [0.15, 0.2) is 0 Å². The number of halogens is 3. The van der Waals surface area contributed by atoms with Crippen LogP contribution in [0, 0.1) is 24.5 Å². The summed E-state index contributed by atoms with van der Waals surface area (Å²) in [7, 11) is 0. The van der Waals surface area contributed by atoms with Crippen LogP contribution in [0.1, 0.15) is 36.8 Å². The normalized spacial score (nSPS) is 13.3. The zero-order valence-electron chi connectivity index (χ0n) is 9.15. The first-order chi connectivity index (χ1) is 6.91. The number of rotatable bonds is 3. The van der Waals surface area contributed by atoms with Crippen molar-refractivity contribution in [2.24, 2.45) is 5.92 Å². The Kier molecular flexibility index (Phi) is 4.09. The van der Waals surface area contributed by atoms with Crippen LogP contribution in [-0.4, -0.2) is 0 Å². The lowest BCUT2D eigenvalue weighted by atomic mass is 10.00. The van der Waals surface area contributed by atoms with Crippen LogP contribution in [0.5, 0.6) is 0 Å². The molecule has 0 nitrogen and oxygen atoms in total. The van der Waals surface area contributed by atoms with Gasteiger partial charge in [-0.3, -0.25) is 0 Å². The van der Waals surface area contributed by atoms with Crippen molar-refractivity contribution in [3.8, 4) is 0 Å². The van der Waals surface area contributed by atoms with Crippen molar-refractivity contribution in [1.82, 2.24) is 0 Å². The number of aryl methyl sites for hydroxylation is 1. The Bertz CT molecular complexity index is 348. The molecule has 0 fully saturated rings. The Hall–Kier alpha value is -0.630. The fourth-order valence-corrected chi connectivity index (χ4v) is 1.98. The van der Waals surface area contributed by atoms with Crippen LogP contribution in [0.25, 0.3) is 0 Å². The topological polar surface area (TPSA) is 0 Å². The molecular formula is C12H15ClF2. The van der Waals surface area contributed by atoms with Crippen molar-refractivity contribution in [3.63, 3.8) is 0 Å². The maximum absolute atomic E-state index is 13.4. The van der Waals surface area contributed by atoms with E-state index in [1.807, 2.05) is 13.8 Å². The van der Waals surface area contributed by atoms with Crippen molar-refractivity contribution < 1.29 is 8.78 Å². The molecule has 15 heavy (non-hydrogen) atoms. The van der Waals surface area contributed by atoms with Crippen molar-refractivity contribution >= 4 is 11.6 Å². The summed E-state index contributed by atoms with van der Waals surface area (Å²) >= 11 is 6.07. The zero-order chi connectivity index (χ0) is 11.6. The number of hydrogen-bond acceptors (Lipinski definition) is 0. The predicted molar refractivity (Wildman–Crippen MR) is 59.1 cm³/mol. The Labute approximate surface area is 94.3 Å². The van der Waals surface area contributed by atoms with Crippen LogP contribution in [0.15, 0.2) is 12.1 Å². The lowest BCUT2D eigenvalue weighted by Gasteiger charge is -2.14. The molecule has 0 spiro atoms. The largest absolute Gasteiger partial charge is 0.207 e. The van der Waals surface area contributed by atoms with Crippen molar-refractivity contribution in [3.05, 3.63) is 34.9 Å². The van der Waals surface area contributed by atoms with E-state index in [4.69, 9.17) is 11.6 Å². The van der Waals surface area contributed by atoms with Crippen LogP contribution >= 0.6 is 11.6 Å². The third kappa shape index (κ3) is 3.16. The van der Waals surface area contributed by atoms with E-state index < -0.39 is 11.6 Å². The molecule has 0 saturated carbocycles. The van der Waals surface area contributed by atoms with E-state index in [9.17, 15) is 8.78 Å². The van der Waals surface area contributed by atoms with Gasteiger partial charge >= 0.3 is 0 Å². The molecule has 1 atom stereocenters. The van der Waals surface area contributed by atoms with E-state index in [2.05, 4.69) is 0 Å². The standard InChI is InChI=1S/C12H15ClF2/c1-7(2)4-10(13)9-5-8(3)11(14)6-12(9)15/h5-7,10H,4H2,1-3H3. The lowest BCUT2D eigenvalue weighted by Crippen LogP contribution is -2.01. The minimum atomic E-state index is -0.557. The molecule has 0 amide bonds. The third-order valence-corrected chi connectivity index (χ3v) is 2.71. The van der Waals surface area contributed by atoms with Gasteiger partial charge in [0.05, 0.1) is 5.38 Å². The average Bonchev–Trinajstić information content (AvgIpc) is 2.09. The Morgan fingerprint density at radius 2 is 1.80 bits per heavy atom. The second kappa shape index (κ2) is 4.93. The van der Waals surface area contributed by atoms with Crippen LogP contribution < -0.4 is 0 Å². The van der Waals surface area contributed by atoms with E-state index in [1.54, 1.807) is 6.92 Å². The fraction of sp³-hybridized carbons (Fsp3) is 0.500. The lowest BCUT2D eigenvalue weighted by molar-refractivity contribution is 0.535. The number of hydrogen-bond donors (Lipinski definition) is 0. The molecule has 1 aromatic carbocycles. The number of alkyl halides is 1. The Balaban J connectivity index is 2.98. The van der Waals surface area contributed by atoms with E-state index in [0.717, 1.165) is 6.07 Å². The van der Waals surface area contributed by atoms with Gasteiger partial charge in [-0.05, 0) is 30.9 Å². The minimum absolute atomic E-state index is 0.385. The van der Waals surface area contributed by atoms with Gasteiger partial charge in [0.1, 0.15) is 11.6 Å². The summed E-state index contributed by atoms with van der Waals surface area (Å²) in [4.78, 5) is 0. The summed E-state index contributed by atoms with van der Waals surface area (Å²) in [5.74, 6) is -0.694. The molecule has 1 rings (SSSR count). The summed E-state index contributed by atoms with van der Waals surface area (Å²) in [6, 6.07) is 2.39. The molecule has 1 unspecified atom stereocenters. The fourth-order valence-electron chi connectivity index (χ4n) is 1.46. The molecule has 0 aliphatic carbocycles. The first-order valence-corrected chi connectivity index (χ1v) is 5.45. The van der Waals surface area contributed by atoms with Gasteiger partial charge in [-0.2, -0.15) is 0 Å². The van der Waals surface area contributed by atoms with Gasteiger partial charge in [0.25, 0.3) is 0 Å². The average molecular weight is 233 g/mol. The van der Waals surface area contributed by atoms with Gasteiger partial charge in [-0.1, -0.05) is 13.8 Å². The summed E-state index contributed by atoms with van der Waals surface area (Å²) < 4.78 is 26.4. The second-order valence-electron chi connectivity index (χ2n) is 4.22. The van der Waals surface area contributed by atoms with E-state index in [1.165, 1.54) is 6.07 Å². The van der Waals surface area contributed by atoms with Gasteiger partial charge in [0, 0.05) is 11.6 Å². The third-order valence-electron chi connectivity index (χ3n) is 2.29. The molecule has 3 heteroatoms. The maximum atomic E-state index is 13.4. The molecule has 0 heterocycles. The molecule has 84 valence electrons. The molecule has 0 aromatic heterocycles. The molecule has 1 aromatic rings. The highest BCUT2D eigenvalue weighted by Crippen LogP contribution is 2.30. The first kappa shape index (κ1) is 12.4. The van der Waals surface area contributed by atoms with Crippen LogP contribution in [0.3, 0.4) is 0 Å². The van der Waals surface area contributed by atoms with Crippen molar-refractivity contribution in [2.75, 3.05) is 0 Å². The number of benzene rings is 1. The highest BCUT2D eigenvalue weighted by Gasteiger charge is 2.16. The van der Waals surface area contributed by atoms with Gasteiger partial charge in [0.2, 0.25) is 0 Å². The van der Waals surface area contributed by atoms with Gasteiger partial charge < -0.3 is 0 Å². The minimum Gasteiger partial charge on any atom is -0.207 e. The summed E-state index contributed by atoms with van der Waals surface area (Å²) in [6.07, 6.45) is 0.684. The smallest absolute Gasteiger partial charge is 0.130 e. The van der Waals surface area contributed by atoms with Crippen molar-refractivity contribution in [1.29, 1.82) is 0 Å². The summed E-state index contributed by atoms with van der Waals surface area (Å²) in [5, 5.41) is -0.385. The van der Waals surface area contributed by atoms with Gasteiger partial charge in [-0.15, -0.1) is 11.6 Å². The Morgan fingerprint density at radius 1 is 1.20 bits per heavy atom. The SMILES string of the molecule is Cc1cc(C(Cl)CC(C)C)c(F)cc1F. The molecule has 0 N–H and O–H groups in total. The van der Waals surface area contributed by atoms with Crippen LogP contribution in [0.2, 0.25) is 0 Å². The van der Waals surface area contributed by atoms with Crippen molar-refractivity contribution in [2.45, 2.75) is 32.6 Å². The highest BCUT2D eigenvalue weighted by molar-refractivity contribution is 6.20. The summed E-state index contributed by atoms with van der Waals surface area (Å²) in [5.41, 5.74) is 0.824. The molecule has 0 saturated heterocycles. The van der Waals surface area contributed by atoms with Crippen LogP contribution in [-0.2, 0) is 0 Å². The van der Waals surface area contributed by atoms with Crippen LogP contribution in [0.4, 0.5) is 8.78 Å². The van der Waals surface area contributed by atoms with E-state index in [-0.39, 0.29) is 5.38 Å². The molecule has 0 bridgehead atoms. The first-order valence-electron chi connectivity index (χ1n) is 5.01. The maximum Gasteiger partial charge on any atom is 0.130 e. The monoisotopic (exact) mass is 232 g/mol.